The Balaban J connectivity index is 1.82. The smallest absolute Gasteiger partial charge is 0.253 e. The fraction of sp³-hybridized carbons (Fsp3) is 0.615. The summed E-state index contributed by atoms with van der Waals surface area (Å²) in [6.07, 6.45) is 1.26. The Morgan fingerprint density at radius 1 is 1.27 bits per heavy atom. The minimum Gasteiger partial charge on any atom is -0.378 e. The average molecular weight is 365 g/mol. The van der Waals surface area contributed by atoms with Gasteiger partial charge in [0.25, 0.3) is 10.0 Å². The van der Waals surface area contributed by atoms with Gasteiger partial charge in [0, 0.05) is 19.6 Å². The second-order valence-electron chi connectivity index (χ2n) is 5.27. The Bertz CT molecular complexity index is 655. The summed E-state index contributed by atoms with van der Waals surface area (Å²) in [7, 11) is -3.66. The molecule has 122 valence electrons. The number of carbonyl (C=O) groups excluding carboxylic acids is 1. The largest absolute Gasteiger partial charge is 0.378 e. The summed E-state index contributed by atoms with van der Waals surface area (Å²) in [5, 5.41) is 0. The number of halogens is 1. The normalized spacial score (nSPS) is 23.9. The lowest BCUT2D eigenvalue weighted by Gasteiger charge is -2.31. The van der Waals surface area contributed by atoms with Gasteiger partial charge >= 0.3 is 0 Å². The lowest BCUT2D eigenvalue weighted by atomic mass is 10.2. The van der Waals surface area contributed by atoms with Gasteiger partial charge in [-0.25, -0.2) is 8.42 Å². The summed E-state index contributed by atoms with van der Waals surface area (Å²) < 4.78 is 32.6. The first-order valence-corrected chi connectivity index (χ1v) is 9.77. The lowest BCUT2D eigenvalue weighted by molar-refractivity contribution is -0.138. The van der Waals surface area contributed by atoms with Gasteiger partial charge < -0.3 is 9.64 Å². The lowest BCUT2D eigenvalue weighted by Crippen LogP contribution is -2.50. The van der Waals surface area contributed by atoms with Crippen LogP contribution in [0.3, 0.4) is 0 Å². The molecule has 0 saturated carbocycles. The van der Waals surface area contributed by atoms with Crippen LogP contribution in [0.5, 0.6) is 0 Å². The number of nitrogens with zero attached hydrogens (tertiary/aromatic N) is 2. The number of carbonyl (C=O) groups is 1. The van der Waals surface area contributed by atoms with Crippen molar-refractivity contribution in [3.63, 3.8) is 0 Å². The average Bonchev–Trinajstić information content (AvgIpc) is 3.16. The van der Waals surface area contributed by atoms with E-state index >= 15 is 0 Å². The molecule has 0 bridgehead atoms. The second kappa shape index (κ2) is 6.45. The molecule has 1 unspecified atom stereocenters. The van der Waals surface area contributed by atoms with Gasteiger partial charge in [0.1, 0.15) is 10.3 Å². The zero-order valence-electron chi connectivity index (χ0n) is 11.9. The quantitative estimate of drug-likeness (QED) is 0.813. The molecule has 2 aliphatic heterocycles. The topological polar surface area (TPSA) is 66.9 Å². The van der Waals surface area contributed by atoms with E-state index in [2.05, 4.69) is 0 Å². The van der Waals surface area contributed by atoms with Crippen molar-refractivity contribution in [3.8, 4) is 0 Å². The van der Waals surface area contributed by atoms with Crippen molar-refractivity contribution in [2.45, 2.75) is 23.1 Å². The maximum Gasteiger partial charge on any atom is 0.253 e. The molecule has 1 aromatic heterocycles. The van der Waals surface area contributed by atoms with Crippen molar-refractivity contribution in [1.82, 2.24) is 9.21 Å². The highest BCUT2D eigenvalue weighted by Gasteiger charge is 2.41. The molecule has 6 nitrogen and oxygen atoms in total. The predicted octanol–water partition coefficient (Wildman–Crippen LogP) is 1.41. The van der Waals surface area contributed by atoms with Crippen LogP contribution in [-0.4, -0.2) is 62.4 Å². The van der Waals surface area contributed by atoms with E-state index < -0.39 is 16.1 Å². The zero-order valence-corrected chi connectivity index (χ0v) is 14.3. The van der Waals surface area contributed by atoms with Crippen LogP contribution in [0.25, 0.3) is 0 Å². The first kappa shape index (κ1) is 16.2. The standard InChI is InChI=1S/C13H17ClN2O4S2/c14-11-3-4-12(21-11)22(18,19)16-5-1-2-10(16)13(17)15-6-8-20-9-7-15/h3-4,10H,1-2,5-9H2. The minimum atomic E-state index is -3.66. The highest BCUT2D eigenvalue weighted by atomic mass is 35.5. The number of hydrogen-bond acceptors (Lipinski definition) is 5. The van der Waals surface area contributed by atoms with E-state index in [1.165, 1.54) is 10.4 Å². The molecule has 0 N–H and O–H groups in total. The van der Waals surface area contributed by atoms with Gasteiger partial charge in [0.15, 0.2) is 0 Å². The molecule has 3 heterocycles. The second-order valence-corrected chi connectivity index (χ2v) is 9.10. The molecule has 1 atom stereocenters. The van der Waals surface area contributed by atoms with Crippen molar-refractivity contribution in [3.05, 3.63) is 16.5 Å². The molecule has 2 aliphatic rings. The van der Waals surface area contributed by atoms with Gasteiger partial charge in [-0.1, -0.05) is 11.6 Å². The molecule has 1 amide bonds. The van der Waals surface area contributed by atoms with Gasteiger partial charge in [0.05, 0.1) is 17.6 Å². The third kappa shape index (κ3) is 3.03. The van der Waals surface area contributed by atoms with Crippen LogP contribution < -0.4 is 0 Å². The van der Waals surface area contributed by atoms with E-state index in [-0.39, 0.29) is 10.1 Å². The van der Waals surface area contributed by atoms with Crippen LogP contribution in [-0.2, 0) is 19.6 Å². The Labute approximate surface area is 138 Å². The van der Waals surface area contributed by atoms with Gasteiger partial charge in [-0.2, -0.15) is 4.31 Å². The number of ether oxygens (including phenoxy) is 1. The number of thiophene rings is 1. The molecule has 2 fully saturated rings. The summed E-state index contributed by atoms with van der Waals surface area (Å²) >= 11 is 6.86. The highest BCUT2D eigenvalue weighted by Crippen LogP contribution is 2.32. The monoisotopic (exact) mass is 364 g/mol. The minimum absolute atomic E-state index is 0.118. The van der Waals surface area contributed by atoms with Crippen molar-refractivity contribution in [2.75, 3.05) is 32.8 Å². The molecule has 22 heavy (non-hydrogen) atoms. The number of amides is 1. The van der Waals surface area contributed by atoms with E-state index in [4.69, 9.17) is 16.3 Å². The Morgan fingerprint density at radius 3 is 2.64 bits per heavy atom. The molecular weight excluding hydrogens is 348 g/mol. The number of morpholine rings is 1. The summed E-state index contributed by atoms with van der Waals surface area (Å²) in [6.45, 7) is 2.43. The third-order valence-electron chi connectivity index (χ3n) is 3.92. The van der Waals surface area contributed by atoms with Gasteiger partial charge in [-0.15, -0.1) is 11.3 Å². The first-order valence-electron chi connectivity index (χ1n) is 7.14. The molecule has 3 rings (SSSR count). The van der Waals surface area contributed by atoms with Crippen molar-refractivity contribution < 1.29 is 17.9 Å². The van der Waals surface area contributed by atoms with Crippen LogP contribution in [0.4, 0.5) is 0 Å². The molecule has 0 spiro atoms. The van der Waals surface area contributed by atoms with Crippen molar-refractivity contribution >= 4 is 38.9 Å². The Hall–Kier alpha value is -0.670. The number of hydrogen-bond donors (Lipinski definition) is 0. The molecule has 1 aromatic rings. The summed E-state index contributed by atoms with van der Waals surface area (Å²) in [4.78, 5) is 14.3. The van der Waals surface area contributed by atoms with E-state index in [0.717, 1.165) is 11.3 Å². The first-order chi connectivity index (χ1) is 10.5. The van der Waals surface area contributed by atoms with E-state index in [1.807, 2.05) is 0 Å². The van der Waals surface area contributed by atoms with Crippen molar-refractivity contribution in [2.24, 2.45) is 0 Å². The van der Waals surface area contributed by atoms with Crippen LogP contribution in [0.1, 0.15) is 12.8 Å². The SMILES string of the molecule is O=C(C1CCCN1S(=O)(=O)c1ccc(Cl)s1)N1CCOCC1. The number of sulfonamides is 1. The Morgan fingerprint density at radius 2 is 2.00 bits per heavy atom. The molecule has 2 saturated heterocycles. The summed E-state index contributed by atoms with van der Waals surface area (Å²) in [5.74, 6) is -0.118. The maximum atomic E-state index is 12.7. The summed E-state index contributed by atoms with van der Waals surface area (Å²) in [6, 6.07) is 2.45. The van der Waals surface area contributed by atoms with Crippen LogP contribution in [0.15, 0.2) is 16.3 Å². The van der Waals surface area contributed by atoms with E-state index in [0.29, 0.717) is 50.0 Å². The Kier molecular flexibility index (Phi) is 4.75. The zero-order chi connectivity index (χ0) is 15.7. The van der Waals surface area contributed by atoms with Crippen LogP contribution >= 0.6 is 22.9 Å². The summed E-state index contributed by atoms with van der Waals surface area (Å²) in [5.41, 5.74) is 0. The van der Waals surface area contributed by atoms with Gasteiger partial charge in [0.2, 0.25) is 5.91 Å². The molecule has 0 aliphatic carbocycles. The fourth-order valence-electron chi connectivity index (χ4n) is 2.82. The van der Waals surface area contributed by atoms with Crippen LogP contribution in [0.2, 0.25) is 4.34 Å². The van der Waals surface area contributed by atoms with Gasteiger partial charge in [-0.3, -0.25) is 4.79 Å². The molecular formula is C13H17ClN2O4S2. The fourth-order valence-corrected chi connectivity index (χ4v) is 6.08. The molecule has 0 radical (unpaired) electrons. The van der Waals surface area contributed by atoms with E-state index in [9.17, 15) is 13.2 Å². The van der Waals surface area contributed by atoms with Gasteiger partial charge in [-0.05, 0) is 25.0 Å². The maximum absolute atomic E-state index is 12.7. The number of rotatable bonds is 3. The predicted molar refractivity (Wildman–Crippen MR) is 83.6 cm³/mol. The molecule has 9 heteroatoms. The third-order valence-corrected chi connectivity index (χ3v) is 7.53. The van der Waals surface area contributed by atoms with Crippen molar-refractivity contribution in [1.29, 1.82) is 0 Å². The van der Waals surface area contributed by atoms with E-state index in [1.54, 1.807) is 11.0 Å². The van der Waals surface area contributed by atoms with Crippen LogP contribution in [0, 0.1) is 0 Å². The highest BCUT2D eigenvalue weighted by molar-refractivity contribution is 7.91. The molecule has 0 aromatic carbocycles.